The molecule has 5 heteroatoms. The third-order valence-electron chi connectivity index (χ3n) is 5.72. The van der Waals surface area contributed by atoms with Gasteiger partial charge in [-0.2, -0.15) is 5.26 Å². The molecular weight excluding hydrogens is 300 g/mol. The molecule has 0 unspecified atom stereocenters. The van der Waals surface area contributed by atoms with Crippen LogP contribution < -0.4 is 0 Å². The Hall–Kier alpha value is -1.70. The lowest BCUT2D eigenvalue weighted by Crippen LogP contribution is -2.26. The molecule has 2 aliphatic rings. The van der Waals surface area contributed by atoms with E-state index in [4.69, 9.17) is 0 Å². The fourth-order valence-corrected chi connectivity index (χ4v) is 3.72. The number of Topliss-reactive ketones (excluding diaryl/α,β-unsaturated/α-hetero) is 1. The van der Waals surface area contributed by atoms with E-state index in [9.17, 15) is 10.1 Å². The highest BCUT2D eigenvalue weighted by molar-refractivity contribution is 5.84. The van der Waals surface area contributed by atoms with Crippen molar-refractivity contribution in [2.45, 2.75) is 83.6 Å². The van der Waals surface area contributed by atoms with E-state index in [1.165, 1.54) is 32.1 Å². The molecule has 0 saturated heterocycles. The predicted octanol–water partition coefficient (Wildman–Crippen LogP) is 3.96. The van der Waals surface area contributed by atoms with Crippen LogP contribution in [0.15, 0.2) is 6.20 Å². The number of carbonyl (C=O) groups is 1. The predicted molar refractivity (Wildman–Crippen MR) is 91.2 cm³/mol. The van der Waals surface area contributed by atoms with Crippen LogP contribution in [0.2, 0.25) is 0 Å². The topological polar surface area (TPSA) is 71.6 Å². The molecule has 0 bridgehead atoms. The maximum atomic E-state index is 12.7. The van der Waals surface area contributed by atoms with E-state index in [2.05, 4.69) is 16.4 Å². The molecule has 2 aliphatic carbocycles. The summed E-state index contributed by atoms with van der Waals surface area (Å²) in [6, 6.07) is 2.36. The molecule has 0 aliphatic heterocycles. The maximum absolute atomic E-state index is 12.7. The second kappa shape index (κ2) is 6.31. The first-order valence-electron chi connectivity index (χ1n) is 9.23. The number of carbonyl (C=O) groups excluding carboxylic acids is 1. The highest BCUT2D eigenvalue weighted by Gasteiger charge is 2.47. The lowest BCUT2D eigenvalue weighted by molar-refractivity contribution is -0.127. The van der Waals surface area contributed by atoms with Gasteiger partial charge in [0.2, 0.25) is 0 Å². The molecule has 2 fully saturated rings. The summed E-state index contributed by atoms with van der Waals surface area (Å²) in [5.41, 5.74) is 0.102. The van der Waals surface area contributed by atoms with Crippen molar-refractivity contribution in [2.24, 2.45) is 11.3 Å². The van der Waals surface area contributed by atoms with Gasteiger partial charge >= 0.3 is 0 Å². The van der Waals surface area contributed by atoms with Crippen LogP contribution in [0.4, 0.5) is 0 Å². The number of rotatable bonds is 5. The van der Waals surface area contributed by atoms with Crippen LogP contribution in [0.3, 0.4) is 0 Å². The quantitative estimate of drug-likeness (QED) is 0.820. The minimum atomic E-state index is -0.476. The minimum Gasteiger partial charge on any atom is -0.299 e. The van der Waals surface area contributed by atoms with Crippen LogP contribution in [-0.2, 0) is 10.3 Å². The van der Waals surface area contributed by atoms with Crippen molar-refractivity contribution in [3.63, 3.8) is 0 Å². The molecule has 3 rings (SSSR count). The van der Waals surface area contributed by atoms with E-state index in [0.29, 0.717) is 12.3 Å². The lowest BCUT2D eigenvalue weighted by Gasteiger charge is -2.30. The van der Waals surface area contributed by atoms with Crippen LogP contribution in [0.5, 0.6) is 0 Å². The number of hydrogen-bond donors (Lipinski definition) is 0. The molecule has 0 N–H and O–H groups in total. The summed E-state index contributed by atoms with van der Waals surface area (Å²) in [7, 11) is 0. The smallest absolute Gasteiger partial charge is 0.150 e. The zero-order valence-electron chi connectivity index (χ0n) is 15.1. The Bertz CT molecular complexity index is 639. The summed E-state index contributed by atoms with van der Waals surface area (Å²) in [6.07, 6.45) is 10.3. The summed E-state index contributed by atoms with van der Waals surface area (Å²) in [5.74, 6) is 0.932. The second-order valence-electron chi connectivity index (χ2n) is 8.61. The van der Waals surface area contributed by atoms with Gasteiger partial charge in [-0.05, 0) is 31.6 Å². The van der Waals surface area contributed by atoms with Crippen molar-refractivity contribution in [1.82, 2.24) is 15.0 Å². The van der Waals surface area contributed by atoms with Gasteiger partial charge in [-0.25, -0.2) is 4.68 Å². The summed E-state index contributed by atoms with van der Waals surface area (Å²) in [4.78, 5) is 12.7. The summed E-state index contributed by atoms with van der Waals surface area (Å²) >= 11 is 0. The molecule has 2 saturated carbocycles. The van der Waals surface area contributed by atoms with Gasteiger partial charge < -0.3 is 0 Å². The van der Waals surface area contributed by atoms with Crippen LogP contribution in [0, 0.1) is 22.7 Å². The van der Waals surface area contributed by atoms with Crippen molar-refractivity contribution in [2.75, 3.05) is 0 Å². The van der Waals surface area contributed by atoms with Crippen LogP contribution in [-0.4, -0.2) is 20.8 Å². The number of nitriles is 1. The highest BCUT2D eigenvalue weighted by Crippen LogP contribution is 2.44. The summed E-state index contributed by atoms with van der Waals surface area (Å²) < 4.78 is 1.74. The first-order chi connectivity index (χ1) is 11.4. The highest BCUT2D eigenvalue weighted by atomic mass is 16.1. The molecule has 0 aromatic carbocycles. The number of nitrogens with zero attached hydrogens (tertiary/aromatic N) is 4. The Morgan fingerprint density at radius 1 is 1.38 bits per heavy atom. The fraction of sp³-hybridized carbons (Fsp3) is 0.789. The molecule has 1 atom stereocenters. The lowest BCUT2D eigenvalue weighted by atomic mass is 9.74. The third kappa shape index (κ3) is 3.38. The van der Waals surface area contributed by atoms with E-state index < -0.39 is 5.54 Å². The standard InChI is InChI=1S/C19H28N4O/c1-18(2,3)17(24)11-15(14-7-5-4-6-8-14)16-12-23(22-21-16)19(13-20)9-10-19/h12,14-15H,4-11H2,1-3H3/t15-/m0/s1. The Balaban J connectivity index is 1.84. The first-order valence-corrected chi connectivity index (χ1v) is 9.23. The van der Waals surface area contributed by atoms with Gasteiger partial charge in [-0.1, -0.05) is 45.2 Å². The van der Waals surface area contributed by atoms with Gasteiger partial charge in [0.25, 0.3) is 0 Å². The van der Waals surface area contributed by atoms with Gasteiger partial charge in [-0.15, -0.1) is 5.10 Å². The van der Waals surface area contributed by atoms with E-state index in [-0.39, 0.29) is 17.1 Å². The molecular formula is C19H28N4O. The Morgan fingerprint density at radius 3 is 2.58 bits per heavy atom. The van der Waals surface area contributed by atoms with E-state index in [0.717, 1.165) is 18.5 Å². The number of aromatic nitrogens is 3. The Morgan fingerprint density at radius 2 is 2.04 bits per heavy atom. The zero-order chi connectivity index (χ0) is 17.4. The second-order valence-corrected chi connectivity index (χ2v) is 8.61. The van der Waals surface area contributed by atoms with Crippen molar-refractivity contribution in [3.05, 3.63) is 11.9 Å². The molecule has 1 heterocycles. The summed E-state index contributed by atoms with van der Waals surface area (Å²) in [6.45, 7) is 5.96. The van der Waals surface area contributed by atoms with Crippen LogP contribution >= 0.6 is 0 Å². The minimum absolute atomic E-state index is 0.139. The number of ketones is 1. The monoisotopic (exact) mass is 328 g/mol. The van der Waals surface area contributed by atoms with Crippen LogP contribution in [0.1, 0.15) is 83.7 Å². The van der Waals surface area contributed by atoms with E-state index >= 15 is 0 Å². The largest absolute Gasteiger partial charge is 0.299 e. The van der Waals surface area contributed by atoms with Gasteiger partial charge in [0, 0.05) is 17.8 Å². The Kier molecular flexibility index (Phi) is 4.50. The van der Waals surface area contributed by atoms with Crippen molar-refractivity contribution in [1.29, 1.82) is 5.26 Å². The average Bonchev–Trinajstić information content (AvgIpc) is 3.21. The molecule has 130 valence electrons. The Labute approximate surface area is 144 Å². The van der Waals surface area contributed by atoms with Crippen molar-refractivity contribution < 1.29 is 4.79 Å². The average molecular weight is 328 g/mol. The van der Waals surface area contributed by atoms with Crippen LogP contribution in [0.25, 0.3) is 0 Å². The van der Waals surface area contributed by atoms with E-state index in [1.54, 1.807) is 4.68 Å². The fourth-order valence-electron chi connectivity index (χ4n) is 3.72. The van der Waals surface area contributed by atoms with Gasteiger partial charge in [0.1, 0.15) is 5.78 Å². The van der Waals surface area contributed by atoms with Gasteiger partial charge in [0.15, 0.2) is 5.54 Å². The zero-order valence-corrected chi connectivity index (χ0v) is 15.1. The molecule has 24 heavy (non-hydrogen) atoms. The summed E-state index contributed by atoms with van der Waals surface area (Å²) in [5, 5.41) is 18.0. The SMILES string of the molecule is CC(C)(C)C(=O)C[C@H](c1cn(C2(C#N)CC2)nn1)C1CCCCC1. The molecule has 1 aromatic heterocycles. The van der Waals surface area contributed by atoms with E-state index in [1.807, 2.05) is 27.0 Å². The van der Waals surface area contributed by atoms with Gasteiger partial charge in [0.05, 0.1) is 18.0 Å². The molecule has 5 nitrogen and oxygen atoms in total. The maximum Gasteiger partial charge on any atom is 0.150 e. The van der Waals surface area contributed by atoms with Crippen molar-refractivity contribution >= 4 is 5.78 Å². The first kappa shape index (κ1) is 17.1. The molecule has 1 aromatic rings. The van der Waals surface area contributed by atoms with Crippen molar-refractivity contribution in [3.8, 4) is 6.07 Å². The molecule has 0 radical (unpaired) electrons. The van der Waals surface area contributed by atoms with Gasteiger partial charge in [-0.3, -0.25) is 4.79 Å². The normalized spacial score (nSPS) is 21.9. The molecule has 0 spiro atoms. The third-order valence-corrected chi connectivity index (χ3v) is 5.72. The number of hydrogen-bond acceptors (Lipinski definition) is 4. The molecule has 0 amide bonds.